The second-order valence-electron chi connectivity index (χ2n) is 2.80. The first-order valence-electron chi connectivity index (χ1n) is 3.99. The van der Waals surface area contributed by atoms with Crippen LogP contribution in [0.25, 0.3) is 0 Å². The van der Waals surface area contributed by atoms with Crippen molar-refractivity contribution >= 4 is 11.6 Å². The molecule has 1 N–H and O–H groups in total. The van der Waals surface area contributed by atoms with Crippen molar-refractivity contribution in [1.29, 1.82) is 0 Å². The number of nitrogens with one attached hydrogen (secondary N) is 1. The van der Waals surface area contributed by atoms with Crippen LogP contribution in [0.5, 0.6) is 0 Å². The molecule has 0 unspecified atom stereocenters. The Kier molecular flexibility index (Phi) is 3.50. The van der Waals surface area contributed by atoms with Gasteiger partial charge in [-0.25, -0.2) is 4.98 Å². The van der Waals surface area contributed by atoms with E-state index in [1.165, 1.54) is 5.56 Å². The summed E-state index contributed by atoms with van der Waals surface area (Å²) in [6.45, 7) is 2.95. The molecule has 12 heavy (non-hydrogen) atoms. The second kappa shape index (κ2) is 4.43. The van der Waals surface area contributed by atoms with E-state index < -0.39 is 0 Å². The van der Waals surface area contributed by atoms with Crippen LogP contribution in [0.15, 0.2) is 12.3 Å². The van der Waals surface area contributed by atoms with Gasteiger partial charge in [0, 0.05) is 6.20 Å². The fraction of sp³-hybridized carbons (Fsp3) is 0.444. The minimum absolute atomic E-state index is 0.600. The molecule has 0 aliphatic rings. The van der Waals surface area contributed by atoms with Crippen LogP contribution >= 0.6 is 11.6 Å². The fourth-order valence-corrected chi connectivity index (χ4v) is 1.13. The van der Waals surface area contributed by atoms with Crippen LogP contribution in [0.2, 0.25) is 5.15 Å². The van der Waals surface area contributed by atoms with E-state index in [0.717, 1.165) is 18.5 Å². The molecule has 0 aromatic carbocycles. The van der Waals surface area contributed by atoms with Crippen molar-refractivity contribution in [1.82, 2.24) is 10.3 Å². The molecule has 0 atom stereocenters. The van der Waals surface area contributed by atoms with Gasteiger partial charge in [-0.05, 0) is 38.1 Å². The summed E-state index contributed by atoms with van der Waals surface area (Å²) in [5.41, 5.74) is 2.27. The van der Waals surface area contributed by atoms with Crippen molar-refractivity contribution in [3.63, 3.8) is 0 Å². The average molecular weight is 185 g/mol. The Balaban J connectivity index is 2.69. The highest BCUT2D eigenvalue weighted by Gasteiger charge is 1.97. The number of aromatic nitrogens is 1. The molecule has 1 heterocycles. The van der Waals surface area contributed by atoms with E-state index in [0.29, 0.717) is 5.15 Å². The third-order valence-corrected chi connectivity index (χ3v) is 2.13. The zero-order valence-corrected chi connectivity index (χ0v) is 8.15. The molecule has 1 aromatic heterocycles. The van der Waals surface area contributed by atoms with E-state index >= 15 is 0 Å². The first kappa shape index (κ1) is 9.49. The lowest BCUT2D eigenvalue weighted by Gasteiger charge is -2.02. The zero-order chi connectivity index (χ0) is 8.97. The maximum Gasteiger partial charge on any atom is 0.131 e. The number of halogens is 1. The number of hydrogen-bond acceptors (Lipinski definition) is 2. The van der Waals surface area contributed by atoms with E-state index in [-0.39, 0.29) is 0 Å². The van der Waals surface area contributed by atoms with E-state index in [1.807, 2.05) is 20.2 Å². The van der Waals surface area contributed by atoms with Gasteiger partial charge in [0.1, 0.15) is 5.15 Å². The van der Waals surface area contributed by atoms with Crippen molar-refractivity contribution in [2.45, 2.75) is 13.3 Å². The summed E-state index contributed by atoms with van der Waals surface area (Å²) in [4.78, 5) is 4.07. The van der Waals surface area contributed by atoms with Crippen LogP contribution in [0, 0.1) is 6.92 Å². The lowest BCUT2D eigenvalue weighted by Crippen LogP contribution is -2.10. The van der Waals surface area contributed by atoms with Crippen LogP contribution in [0.3, 0.4) is 0 Å². The molecule has 0 bridgehead atoms. The van der Waals surface area contributed by atoms with E-state index in [2.05, 4.69) is 16.4 Å². The van der Waals surface area contributed by atoms with Gasteiger partial charge in [-0.15, -0.1) is 0 Å². The van der Waals surface area contributed by atoms with Gasteiger partial charge in [-0.3, -0.25) is 0 Å². The molecule has 0 fully saturated rings. The highest BCUT2D eigenvalue weighted by molar-refractivity contribution is 6.30. The smallest absolute Gasteiger partial charge is 0.131 e. The Labute approximate surface area is 78.0 Å². The SMILES string of the molecule is CNCCc1cnc(Cl)c(C)c1. The van der Waals surface area contributed by atoms with E-state index in [4.69, 9.17) is 11.6 Å². The van der Waals surface area contributed by atoms with Crippen molar-refractivity contribution in [2.75, 3.05) is 13.6 Å². The topological polar surface area (TPSA) is 24.9 Å². The monoisotopic (exact) mass is 184 g/mol. The maximum atomic E-state index is 5.79. The highest BCUT2D eigenvalue weighted by atomic mass is 35.5. The first-order valence-corrected chi connectivity index (χ1v) is 4.37. The largest absolute Gasteiger partial charge is 0.319 e. The van der Waals surface area contributed by atoms with Gasteiger partial charge in [0.15, 0.2) is 0 Å². The molecule has 0 aliphatic heterocycles. The van der Waals surface area contributed by atoms with Gasteiger partial charge < -0.3 is 5.32 Å². The summed E-state index contributed by atoms with van der Waals surface area (Å²) < 4.78 is 0. The van der Waals surface area contributed by atoms with Gasteiger partial charge in [0.2, 0.25) is 0 Å². The third-order valence-electron chi connectivity index (χ3n) is 1.73. The quantitative estimate of drug-likeness (QED) is 0.725. The first-order chi connectivity index (χ1) is 5.74. The lowest BCUT2D eigenvalue weighted by atomic mass is 10.2. The molecular weight excluding hydrogens is 172 g/mol. The van der Waals surface area contributed by atoms with Crippen molar-refractivity contribution in [3.8, 4) is 0 Å². The Morgan fingerprint density at radius 1 is 1.58 bits per heavy atom. The number of likely N-dealkylation sites (N-methyl/N-ethyl adjacent to an activating group) is 1. The van der Waals surface area contributed by atoms with Crippen LogP contribution in [0.1, 0.15) is 11.1 Å². The molecule has 0 amide bonds. The summed E-state index contributed by atoms with van der Waals surface area (Å²) in [5.74, 6) is 0. The number of nitrogens with zero attached hydrogens (tertiary/aromatic N) is 1. The lowest BCUT2D eigenvalue weighted by molar-refractivity contribution is 0.788. The van der Waals surface area contributed by atoms with Crippen molar-refractivity contribution in [2.24, 2.45) is 0 Å². The summed E-state index contributed by atoms with van der Waals surface area (Å²) >= 11 is 5.79. The van der Waals surface area contributed by atoms with Crippen LogP contribution in [-0.4, -0.2) is 18.6 Å². The molecule has 1 aromatic rings. The second-order valence-corrected chi connectivity index (χ2v) is 3.16. The van der Waals surface area contributed by atoms with Gasteiger partial charge in [-0.2, -0.15) is 0 Å². The van der Waals surface area contributed by atoms with E-state index in [1.54, 1.807) is 0 Å². The Hall–Kier alpha value is -0.600. The molecule has 0 aliphatic carbocycles. The van der Waals surface area contributed by atoms with E-state index in [9.17, 15) is 0 Å². The average Bonchev–Trinajstić information content (AvgIpc) is 2.07. The van der Waals surface area contributed by atoms with Gasteiger partial charge >= 0.3 is 0 Å². The Morgan fingerprint density at radius 2 is 2.33 bits per heavy atom. The molecule has 0 radical (unpaired) electrons. The predicted octanol–water partition coefficient (Wildman–Crippen LogP) is 1.81. The molecule has 3 heteroatoms. The normalized spacial score (nSPS) is 10.2. The zero-order valence-electron chi connectivity index (χ0n) is 7.39. The summed E-state index contributed by atoms with van der Waals surface area (Å²) in [6, 6.07) is 2.08. The molecule has 0 saturated carbocycles. The summed E-state index contributed by atoms with van der Waals surface area (Å²) in [7, 11) is 1.94. The highest BCUT2D eigenvalue weighted by Crippen LogP contribution is 2.12. The minimum Gasteiger partial charge on any atom is -0.319 e. The van der Waals surface area contributed by atoms with Crippen molar-refractivity contribution in [3.05, 3.63) is 28.5 Å². The van der Waals surface area contributed by atoms with Crippen LogP contribution in [0.4, 0.5) is 0 Å². The summed E-state index contributed by atoms with van der Waals surface area (Å²) in [6.07, 6.45) is 2.83. The van der Waals surface area contributed by atoms with Crippen LogP contribution < -0.4 is 5.32 Å². The maximum absolute atomic E-state index is 5.79. The molecule has 66 valence electrons. The molecule has 0 spiro atoms. The number of rotatable bonds is 3. The van der Waals surface area contributed by atoms with Crippen LogP contribution in [-0.2, 0) is 6.42 Å². The number of hydrogen-bond donors (Lipinski definition) is 1. The van der Waals surface area contributed by atoms with Gasteiger partial charge in [0.25, 0.3) is 0 Å². The number of aryl methyl sites for hydroxylation is 1. The predicted molar refractivity (Wildman–Crippen MR) is 51.6 cm³/mol. The third kappa shape index (κ3) is 2.47. The molecule has 1 rings (SSSR count). The minimum atomic E-state index is 0.600. The Morgan fingerprint density at radius 3 is 2.92 bits per heavy atom. The molecular formula is C9H13ClN2. The molecule has 2 nitrogen and oxygen atoms in total. The van der Waals surface area contributed by atoms with Crippen molar-refractivity contribution < 1.29 is 0 Å². The van der Waals surface area contributed by atoms with Gasteiger partial charge in [0.05, 0.1) is 0 Å². The number of pyridine rings is 1. The Bertz CT molecular complexity index is 261. The summed E-state index contributed by atoms with van der Waals surface area (Å²) in [5, 5.41) is 3.69. The fourth-order valence-electron chi connectivity index (χ4n) is 1.02. The van der Waals surface area contributed by atoms with Gasteiger partial charge in [-0.1, -0.05) is 17.7 Å². The standard InChI is InChI=1S/C9H13ClN2/c1-7-5-8(3-4-11-2)6-12-9(7)10/h5-6,11H,3-4H2,1-2H3. The molecule has 0 saturated heterocycles.